The number of imidazole rings is 1. The van der Waals surface area contributed by atoms with E-state index in [1.165, 1.54) is 0 Å². The van der Waals surface area contributed by atoms with Crippen molar-refractivity contribution in [3.8, 4) is 5.75 Å². The Morgan fingerprint density at radius 1 is 1.27 bits per heavy atom. The molecule has 0 aliphatic carbocycles. The van der Waals surface area contributed by atoms with Gasteiger partial charge in [-0.3, -0.25) is 0 Å². The summed E-state index contributed by atoms with van der Waals surface area (Å²) >= 11 is 0. The fourth-order valence-electron chi connectivity index (χ4n) is 2.13. The molecule has 1 aromatic carbocycles. The Morgan fingerprint density at radius 2 is 2.05 bits per heavy atom. The second kappa shape index (κ2) is 8.56. The molecule has 1 aromatic heterocycles. The molecular formula is C17H25N3O2. The first kappa shape index (κ1) is 16.5. The third kappa shape index (κ3) is 5.87. The number of hydrogen-bond donors (Lipinski definition) is 2. The van der Waals surface area contributed by atoms with Gasteiger partial charge in [0.1, 0.15) is 12.4 Å². The van der Waals surface area contributed by atoms with Gasteiger partial charge in [-0.1, -0.05) is 26.0 Å². The smallest absolute Gasteiger partial charge is 0.119 e. The largest absolute Gasteiger partial charge is 0.492 e. The highest BCUT2D eigenvalue weighted by Gasteiger charge is 2.06. The van der Waals surface area contributed by atoms with E-state index in [1.807, 2.05) is 35.0 Å². The third-order valence-electron chi connectivity index (χ3n) is 3.33. The first-order valence-corrected chi connectivity index (χ1v) is 7.72. The Balaban J connectivity index is 1.72. The lowest BCUT2D eigenvalue weighted by Gasteiger charge is -2.14. The first-order chi connectivity index (χ1) is 10.6. The van der Waals surface area contributed by atoms with E-state index in [0.717, 1.165) is 17.9 Å². The average Bonchev–Trinajstić information content (AvgIpc) is 3.00. The quantitative estimate of drug-likeness (QED) is 0.742. The van der Waals surface area contributed by atoms with Crippen molar-refractivity contribution in [2.75, 3.05) is 13.2 Å². The lowest BCUT2D eigenvalue weighted by atomic mass is 10.1. The van der Waals surface area contributed by atoms with Crippen LogP contribution in [0.3, 0.4) is 0 Å². The van der Waals surface area contributed by atoms with E-state index in [4.69, 9.17) is 4.74 Å². The molecule has 0 saturated carbocycles. The zero-order chi connectivity index (χ0) is 15.8. The van der Waals surface area contributed by atoms with Crippen molar-refractivity contribution < 1.29 is 9.84 Å². The van der Waals surface area contributed by atoms with Gasteiger partial charge in [0.2, 0.25) is 0 Å². The van der Waals surface area contributed by atoms with Gasteiger partial charge in [-0.05, 0) is 24.1 Å². The molecule has 1 unspecified atom stereocenters. The maximum atomic E-state index is 9.97. The van der Waals surface area contributed by atoms with E-state index in [9.17, 15) is 5.11 Å². The van der Waals surface area contributed by atoms with Crippen molar-refractivity contribution in [2.24, 2.45) is 0 Å². The second-order valence-corrected chi connectivity index (χ2v) is 5.71. The summed E-state index contributed by atoms with van der Waals surface area (Å²) in [5.41, 5.74) is 1.11. The molecule has 0 fully saturated rings. The van der Waals surface area contributed by atoms with Crippen LogP contribution < -0.4 is 10.1 Å². The molecule has 1 atom stereocenters. The molecule has 0 saturated heterocycles. The molecule has 5 heteroatoms. The van der Waals surface area contributed by atoms with Gasteiger partial charge in [-0.2, -0.15) is 0 Å². The Kier molecular flexibility index (Phi) is 6.43. The fourth-order valence-corrected chi connectivity index (χ4v) is 2.13. The van der Waals surface area contributed by atoms with E-state index in [0.29, 0.717) is 25.6 Å². The van der Waals surface area contributed by atoms with Crippen LogP contribution in [0.1, 0.15) is 19.4 Å². The van der Waals surface area contributed by atoms with Crippen LogP contribution in [0, 0.1) is 0 Å². The lowest BCUT2D eigenvalue weighted by molar-refractivity contribution is 0.169. The summed E-state index contributed by atoms with van der Waals surface area (Å²) in [7, 11) is 0. The molecule has 2 N–H and O–H groups in total. The first-order valence-electron chi connectivity index (χ1n) is 7.72. The Hall–Kier alpha value is -1.85. The van der Waals surface area contributed by atoms with Crippen molar-refractivity contribution >= 4 is 0 Å². The van der Waals surface area contributed by atoms with Gasteiger partial charge in [0, 0.05) is 25.0 Å². The predicted octanol–water partition coefficient (Wildman–Crippen LogP) is 1.86. The molecule has 0 bridgehead atoms. The van der Waals surface area contributed by atoms with Crippen molar-refractivity contribution in [3.63, 3.8) is 0 Å². The molecule has 22 heavy (non-hydrogen) atoms. The lowest BCUT2D eigenvalue weighted by Crippen LogP contribution is -2.32. The van der Waals surface area contributed by atoms with Gasteiger partial charge in [0.25, 0.3) is 0 Å². The van der Waals surface area contributed by atoms with Gasteiger partial charge in [-0.15, -0.1) is 0 Å². The predicted molar refractivity (Wildman–Crippen MR) is 87.0 cm³/mol. The van der Waals surface area contributed by atoms with Crippen LogP contribution in [0.15, 0.2) is 43.0 Å². The third-order valence-corrected chi connectivity index (χ3v) is 3.33. The Bertz CT molecular complexity index is 523. The molecule has 1 heterocycles. The summed E-state index contributed by atoms with van der Waals surface area (Å²) in [6.45, 7) is 6.14. The van der Waals surface area contributed by atoms with Crippen LogP contribution >= 0.6 is 0 Å². The van der Waals surface area contributed by atoms with Crippen molar-refractivity contribution in [1.82, 2.24) is 14.9 Å². The van der Waals surface area contributed by atoms with Crippen LogP contribution in [0.2, 0.25) is 0 Å². The number of rotatable bonds is 9. The van der Waals surface area contributed by atoms with Gasteiger partial charge in [0.05, 0.1) is 19.0 Å². The molecule has 0 aliphatic heterocycles. The molecule has 2 rings (SSSR count). The van der Waals surface area contributed by atoms with Crippen LogP contribution in [-0.2, 0) is 13.0 Å². The monoisotopic (exact) mass is 303 g/mol. The van der Waals surface area contributed by atoms with Gasteiger partial charge < -0.3 is 19.7 Å². The topological polar surface area (TPSA) is 59.3 Å². The van der Waals surface area contributed by atoms with Crippen LogP contribution in [0.5, 0.6) is 5.75 Å². The molecule has 0 spiro atoms. The highest BCUT2D eigenvalue weighted by Crippen LogP contribution is 2.13. The minimum absolute atomic E-state index is 0.365. The van der Waals surface area contributed by atoms with Crippen LogP contribution in [0.25, 0.3) is 0 Å². The minimum Gasteiger partial charge on any atom is -0.492 e. The van der Waals surface area contributed by atoms with E-state index in [-0.39, 0.29) is 6.10 Å². The zero-order valence-electron chi connectivity index (χ0n) is 13.3. The summed E-state index contributed by atoms with van der Waals surface area (Å²) in [5.74, 6) is 0.846. The van der Waals surface area contributed by atoms with Gasteiger partial charge >= 0.3 is 0 Å². The normalized spacial score (nSPS) is 12.5. The van der Waals surface area contributed by atoms with Crippen molar-refractivity contribution in [3.05, 3.63) is 48.5 Å². The number of benzene rings is 1. The van der Waals surface area contributed by atoms with Gasteiger partial charge in [-0.25, -0.2) is 4.98 Å². The number of aromatic nitrogens is 2. The van der Waals surface area contributed by atoms with Crippen LogP contribution in [-0.4, -0.2) is 40.0 Å². The summed E-state index contributed by atoms with van der Waals surface area (Å²) in [6.07, 6.45) is 5.73. The highest BCUT2D eigenvalue weighted by atomic mass is 16.5. The Morgan fingerprint density at radius 3 is 2.68 bits per heavy atom. The average molecular weight is 303 g/mol. The van der Waals surface area contributed by atoms with E-state index < -0.39 is 0 Å². The van der Waals surface area contributed by atoms with E-state index in [2.05, 4.69) is 24.1 Å². The SMILES string of the molecule is CC(C)NCC(O)Cc1ccc(OCCn2ccnc2)cc1. The van der Waals surface area contributed by atoms with Crippen molar-refractivity contribution in [1.29, 1.82) is 0 Å². The fraction of sp³-hybridized carbons (Fsp3) is 0.471. The molecule has 0 radical (unpaired) electrons. The molecule has 120 valence electrons. The minimum atomic E-state index is -0.365. The van der Waals surface area contributed by atoms with Crippen molar-refractivity contribution in [2.45, 2.75) is 39.0 Å². The maximum Gasteiger partial charge on any atom is 0.119 e. The standard InChI is InChI=1S/C17H25N3O2/c1-14(2)19-12-16(21)11-15-3-5-17(6-4-15)22-10-9-20-8-7-18-13-20/h3-8,13-14,16,19,21H,9-12H2,1-2H3. The molecule has 0 aliphatic rings. The summed E-state index contributed by atoms with van der Waals surface area (Å²) in [4.78, 5) is 3.99. The zero-order valence-corrected chi connectivity index (χ0v) is 13.3. The number of aliphatic hydroxyl groups is 1. The summed E-state index contributed by atoms with van der Waals surface area (Å²) in [5, 5.41) is 13.2. The molecular weight excluding hydrogens is 278 g/mol. The summed E-state index contributed by atoms with van der Waals surface area (Å²) in [6, 6.07) is 8.30. The number of hydrogen-bond acceptors (Lipinski definition) is 4. The van der Waals surface area contributed by atoms with Gasteiger partial charge in [0.15, 0.2) is 0 Å². The number of nitrogens with zero attached hydrogens (tertiary/aromatic N) is 2. The molecule has 0 amide bonds. The highest BCUT2D eigenvalue weighted by molar-refractivity contribution is 5.27. The molecule has 5 nitrogen and oxygen atoms in total. The second-order valence-electron chi connectivity index (χ2n) is 5.71. The maximum absolute atomic E-state index is 9.97. The molecule has 2 aromatic rings. The number of nitrogens with one attached hydrogen (secondary N) is 1. The van der Waals surface area contributed by atoms with Crippen LogP contribution in [0.4, 0.5) is 0 Å². The number of ether oxygens (including phenoxy) is 1. The Labute approximate surface area is 132 Å². The summed E-state index contributed by atoms with van der Waals surface area (Å²) < 4.78 is 7.67. The van der Waals surface area contributed by atoms with E-state index >= 15 is 0 Å². The van der Waals surface area contributed by atoms with E-state index in [1.54, 1.807) is 12.5 Å². The number of aliphatic hydroxyl groups excluding tert-OH is 1.